The first-order valence-corrected chi connectivity index (χ1v) is 13.8. The minimum atomic E-state index is -3.87. The topological polar surface area (TPSA) is 92.3 Å². The van der Waals surface area contributed by atoms with Crippen molar-refractivity contribution in [2.24, 2.45) is 0 Å². The van der Waals surface area contributed by atoms with Crippen LogP contribution in [0.2, 0.25) is 0 Å². The normalized spacial score (nSPS) is 13.6. The van der Waals surface area contributed by atoms with Crippen LogP contribution in [0.1, 0.15) is 16.7 Å². The number of rotatable bonds is 6. The van der Waals surface area contributed by atoms with Crippen LogP contribution in [-0.2, 0) is 21.4 Å². The maximum absolute atomic E-state index is 13.6. The Balaban J connectivity index is 1.41. The van der Waals surface area contributed by atoms with Crippen LogP contribution in [0.25, 0.3) is 11.3 Å². The van der Waals surface area contributed by atoms with Crippen molar-refractivity contribution in [3.8, 4) is 11.3 Å². The van der Waals surface area contributed by atoms with Crippen LogP contribution >= 0.6 is 11.8 Å². The molecule has 1 aliphatic heterocycles. The summed E-state index contributed by atoms with van der Waals surface area (Å²) in [7, 11) is -3.87. The van der Waals surface area contributed by atoms with Gasteiger partial charge in [-0.25, -0.2) is 18.4 Å². The highest BCUT2D eigenvalue weighted by Gasteiger charge is 2.36. The SMILES string of the molecule is Cc1cccc(NC(=O)CSc2ncc3c(n2)-c2ccccc2N(Cc2ccccc2)S3(=O)=O)c1C. The lowest BCUT2D eigenvalue weighted by Crippen LogP contribution is -2.34. The first-order chi connectivity index (χ1) is 17.3. The zero-order valence-corrected chi connectivity index (χ0v) is 21.4. The molecule has 3 aromatic carbocycles. The third-order valence-electron chi connectivity index (χ3n) is 6.11. The van der Waals surface area contributed by atoms with Gasteiger partial charge in [0.05, 0.1) is 29.9 Å². The molecule has 0 radical (unpaired) electrons. The Bertz CT molecular complexity index is 1560. The summed E-state index contributed by atoms with van der Waals surface area (Å²) >= 11 is 1.17. The Morgan fingerprint density at radius 1 is 0.972 bits per heavy atom. The van der Waals surface area contributed by atoms with Crippen molar-refractivity contribution in [1.82, 2.24) is 9.97 Å². The summed E-state index contributed by atoms with van der Waals surface area (Å²) in [6.07, 6.45) is 1.34. The predicted octanol–water partition coefficient (Wildman–Crippen LogP) is 5.20. The summed E-state index contributed by atoms with van der Waals surface area (Å²) in [5, 5.41) is 3.26. The number of hydrogen-bond donors (Lipinski definition) is 1. The number of fused-ring (bicyclic) bond motifs is 3. The maximum atomic E-state index is 13.6. The molecule has 0 saturated heterocycles. The third kappa shape index (κ3) is 4.59. The van der Waals surface area contributed by atoms with E-state index in [0.717, 1.165) is 22.4 Å². The Kier molecular flexibility index (Phi) is 6.51. The number of carbonyl (C=O) groups is 1. The number of aryl methyl sites for hydroxylation is 1. The molecule has 0 fully saturated rings. The zero-order valence-electron chi connectivity index (χ0n) is 19.8. The molecular formula is C27H24N4O3S2. The molecule has 0 saturated carbocycles. The first-order valence-electron chi connectivity index (χ1n) is 11.4. The van der Waals surface area contributed by atoms with Gasteiger partial charge in [0.15, 0.2) is 5.16 Å². The van der Waals surface area contributed by atoms with Crippen molar-refractivity contribution < 1.29 is 13.2 Å². The van der Waals surface area contributed by atoms with Gasteiger partial charge in [-0.15, -0.1) is 0 Å². The Morgan fingerprint density at radius 3 is 2.53 bits per heavy atom. The molecule has 36 heavy (non-hydrogen) atoms. The van der Waals surface area contributed by atoms with Crippen molar-refractivity contribution in [2.45, 2.75) is 30.4 Å². The van der Waals surface area contributed by atoms with Gasteiger partial charge in [0, 0.05) is 11.3 Å². The number of anilines is 2. The molecule has 0 bridgehead atoms. The van der Waals surface area contributed by atoms with Crippen LogP contribution in [0, 0.1) is 13.8 Å². The van der Waals surface area contributed by atoms with E-state index >= 15 is 0 Å². The van der Waals surface area contributed by atoms with E-state index < -0.39 is 10.0 Å². The number of para-hydroxylation sites is 1. The largest absolute Gasteiger partial charge is 0.325 e. The fourth-order valence-corrected chi connectivity index (χ4v) is 6.24. The molecule has 1 aliphatic rings. The van der Waals surface area contributed by atoms with Gasteiger partial charge >= 0.3 is 0 Å². The van der Waals surface area contributed by atoms with Crippen LogP contribution in [0.4, 0.5) is 11.4 Å². The molecule has 7 nitrogen and oxygen atoms in total. The highest BCUT2D eigenvalue weighted by Crippen LogP contribution is 2.42. The van der Waals surface area contributed by atoms with Gasteiger partial charge in [-0.2, -0.15) is 0 Å². The second kappa shape index (κ2) is 9.75. The van der Waals surface area contributed by atoms with Gasteiger partial charge in [0.1, 0.15) is 4.90 Å². The summed E-state index contributed by atoms with van der Waals surface area (Å²) in [5.74, 6) is -0.0853. The quantitative estimate of drug-likeness (QED) is 0.280. The minimum Gasteiger partial charge on any atom is -0.325 e. The molecular weight excluding hydrogens is 492 g/mol. The van der Waals surface area contributed by atoms with Gasteiger partial charge in [-0.05, 0) is 42.7 Å². The summed E-state index contributed by atoms with van der Waals surface area (Å²) in [6.45, 7) is 4.16. The number of sulfonamides is 1. The zero-order chi connectivity index (χ0) is 25.3. The highest BCUT2D eigenvalue weighted by molar-refractivity contribution is 7.99. The lowest BCUT2D eigenvalue weighted by molar-refractivity contribution is -0.113. The average Bonchev–Trinajstić information content (AvgIpc) is 2.88. The van der Waals surface area contributed by atoms with E-state index in [-0.39, 0.29) is 23.1 Å². The highest BCUT2D eigenvalue weighted by atomic mass is 32.2. The Morgan fingerprint density at radius 2 is 1.72 bits per heavy atom. The van der Waals surface area contributed by atoms with Crippen molar-refractivity contribution in [3.63, 3.8) is 0 Å². The molecule has 5 rings (SSSR count). The summed E-state index contributed by atoms with van der Waals surface area (Å²) in [6, 6.07) is 22.5. The van der Waals surface area contributed by atoms with Crippen molar-refractivity contribution in [3.05, 3.63) is 95.7 Å². The lowest BCUT2D eigenvalue weighted by Gasteiger charge is -2.31. The number of carbonyl (C=O) groups excluding carboxylic acids is 1. The standard InChI is InChI=1S/C27H24N4O3S2/c1-18-9-8-13-22(19(18)2)29-25(32)17-35-27-28-15-24-26(30-27)21-12-6-7-14-23(21)31(36(24,33)34)16-20-10-4-3-5-11-20/h3-15H,16-17H2,1-2H3,(H,29,32). The molecule has 1 aromatic heterocycles. The van der Waals surface area contributed by atoms with E-state index in [2.05, 4.69) is 15.3 Å². The Labute approximate surface area is 214 Å². The monoisotopic (exact) mass is 516 g/mol. The summed E-state index contributed by atoms with van der Waals surface area (Å²) in [5.41, 5.74) is 5.39. The van der Waals surface area contributed by atoms with Crippen LogP contribution in [0.5, 0.6) is 0 Å². The molecule has 4 aromatic rings. The molecule has 182 valence electrons. The van der Waals surface area contributed by atoms with Gasteiger partial charge in [-0.1, -0.05) is 72.4 Å². The van der Waals surface area contributed by atoms with Crippen LogP contribution in [0.3, 0.4) is 0 Å². The molecule has 1 amide bonds. The second-order valence-electron chi connectivity index (χ2n) is 8.46. The number of aromatic nitrogens is 2. The van der Waals surface area contributed by atoms with Crippen molar-refractivity contribution in [2.75, 3.05) is 15.4 Å². The number of benzene rings is 3. The van der Waals surface area contributed by atoms with Crippen molar-refractivity contribution in [1.29, 1.82) is 0 Å². The predicted molar refractivity (Wildman–Crippen MR) is 143 cm³/mol. The number of amides is 1. The molecule has 0 aliphatic carbocycles. The molecule has 0 atom stereocenters. The summed E-state index contributed by atoms with van der Waals surface area (Å²) < 4.78 is 28.6. The smallest absolute Gasteiger partial charge is 0.268 e. The number of nitrogens with one attached hydrogen (secondary N) is 1. The van der Waals surface area contributed by atoms with Gasteiger partial charge in [0.2, 0.25) is 5.91 Å². The molecule has 1 N–H and O–H groups in total. The van der Waals surface area contributed by atoms with Crippen LogP contribution in [0.15, 0.2) is 89.0 Å². The maximum Gasteiger partial charge on any atom is 0.268 e. The molecule has 0 spiro atoms. The third-order valence-corrected chi connectivity index (χ3v) is 8.73. The van der Waals surface area contributed by atoms with Crippen LogP contribution < -0.4 is 9.62 Å². The van der Waals surface area contributed by atoms with Crippen molar-refractivity contribution >= 4 is 39.1 Å². The van der Waals surface area contributed by atoms with E-state index in [4.69, 9.17) is 0 Å². The molecule has 0 unspecified atom stereocenters. The van der Waals surface area contributed by atoms with E-state index in [9.17, 15) is 13.2 Å². The number of nitrogens with zero attached hydrogens (tertiary/aromatic N) is 3. The number of hydrogen-bond acceptors (Lipinski definition) is 6. The minimum absolute atomic E-state index is 0.0568. The van der Waals surface area contributed by atoms with Gasteiger partial charge in [-0.3, -0.25) is 9.10 Å². The van der Waals surface area contributed by atoms with E-state index in [0.29, 0.717) is 22.1 Å². The van der Waals surface area contributed by atoms with E-state index in [1.807, 2.05) is 80.6 Å². The lowest BCUT2D eigenvalue weighted by atomic mass is 10.1. The van der Waals surface area contributed by atoms with Crippen LogP contribution in [-0.4, -0.2) is 30.0 Å². The van der Waals surface area contributed by atoms with Gasteiger partial charge < -0.3 is 5.32 Å². The molecule has 9 heteroatoms. The number of thioether (sulfide) groups is 1. The fraction of sp³-hybridized carbons (Fsp3) is 0.148. The second-order valence-corrected chi connectivity index (χ2v) is 11.2. The molecule has 2 heterocycles. The first kappa shape index (κ1) is 24.0. The van der Waals surface area contributed by atoms with Gasteiger partial charge in [0.25, 0.3) is 10.0 Å². The van der Waals surface area contributed by atoms with E-state index in [1.54, 1.807) is 6.07 Å². The Hall–Kier alpha value is -3.69. The van der Waals surface area contributed by atoms with E-state index in [1.165, 1.54) is 22.3 Å². The summed E-state index contributed by atoms with van der Waals surface area (Å²) in [4.78, 5) is 21.5. The fourth-order valence-electron chi connectivity index (χ4n) is 4.07. The average molecular weight is 517 g/mol.